The molecule has 302 valence electrons. The highest BCUT2D eigenvalue weighted by atomic mass is 16.5. The van der Waals surface area contributed by atoms with Crippen molar-refractivity contribution in [2.24, 2.45) is 0 Å². The van der Waals surface area contributed by atoms with Gasteiger partial charge in [0.1, 0.15) is 30.0 Å². The van der Waals surface area contributed by atoms with Crippen LogP contribution >= 0.6 is 0 Å². The number of piperidine rings is 2. The number of carbonyl (C=O) groups excluding carboxylic acids is 1. The van der Waals surface area contributed by atoms with Gasteiger partial charge in [-0.2, -0.15) is 5.10 Å². The van der Waals surface area contributed by atoms with Gasteiger partial charge in [-0.15, -0.1) is 10.2 Å². The number of urea groups is 1. The molecule has 0 radical (unpaired) electrons. The fourth-order valence-electron chi connectivity index (χ4n) is 8.42. The number of anilines is 2. The SMILES string of the molecule is COC1CCN(CCOc2cccc(-n3nc(C(C)(C)C)cc3NC(=O)NC3CCC(Oc4ccc5nnc(N6CCCCC6C)n5c4)c4ccccc43)c2)CC1. The van der Waals surface area contributed by atoms with Crippen LogP contribution < -0.4 is 25.0 Å². The number of rotatable bonds is 11. The second-order valence-corrected chi connectivity index (χ2v) is 16.8. The highest BCUT2D eigenvalue weighted by molar-refractivity contribution is 5.89. The molecule has 2 amide bonds. The molecule has 2 aromatic carbocycles. The zero-order valence-corrected chi connectivity index (χ0v) is 34.0. The van der Waals surface area contributed by atoms with Crippen LogP contribution in [-0.4, -0.2) is 87.4 Å². The molecule has 5 heterocycles. The number of nitrogens with zero attached hydrogens (tertiary/aromatic N) is 7. The number of hydrogen-bond donors (Lipinski definition) is 2. The Labute approximate surface area is 335 Å². The van der Waals surface area contributed by atoms with Crippen LogP contribution in [0.1, 0.15) is 102 Å². The topological polar surface area (TPSA) is 123 Å². The summed E-state index contributed by atoms with van der Waals surface area (Å²) in [6.07, 6.45) is 9.31. The number of fused-ring (bicyclic) bond motifs is 2. The van der Waals surface area contributed by atoms with Crippen molar-refractivity contribution in [3.05, 3.63) is 89.7 Å². The summed E-state index contributed by atoms with van der Waals surface area (Å²) < 4.78 is 22.3. The third-order valence-corrected chi connectivity index (χ3v) is 11.8. The molecule has 13 nitrogen and oxygen atoms in total. The molecule has 13 heteroatoms. The lowest BCUT2D eigenvalue weighted by molar-refractivity contribution is 0.0375. The molecule has 3 aliphatic rings. The van der Waals surface area contributed by atoms with Crippen molar-refractivity contribution in [2.75, 3.05) is 50.1 Å². The van der Waals surface area contributed by atoms with Crippen LogP contribution in [0.25, 0.3) is 11.3 Å². The number of likely N-dealkylation sites (tertiary alicyclic amines) is 1. The van der Waals surface area contributed by atoms with E-state index in [-0.39, 0.29) is 23.6 Å². The fraction of sp³-hybridized carbons (Fsp3) is 0.500. The highest BCUT2D eigenvalue weighted by Crippen LogP contribution is 2.39. The molecule has 3 unspecified atom stereocenters. The van der Waals surface area contributed by atoms with Gasteiger partial charge in [0, 0.05) is 56.9 Å². The van der Waals surface area contributed by atoms with Crippen LogP contribution in [0.4, 0.5) is 16.6 Å². The van der Waals surface area contributed by atoms with E-state index in [1.165, 1.54) is 6.42 Å². The van der Waals surface area contributed by atoms with E-state index in [1.807, 2.05) is 65.2 Å². The smallest absolute Gasteiger partial charge is 0.320 e. The Morgan fingerprint density at radius 3 is 2.49 bits per heavy atom. The van der Waals surface area contributed by atoms with E-state index in [0.717, 1.165) is 110 Å². The number of benzene rings is 2. The minimum absolute atomic E-state index is 0.165. The molecule has 0 saturated carbocycles. The first kappa shape index (κ1) is 38.7. The molecule has 2 aliphatic heterocycles. The highest BCUT2D eigenvalue weighted by Gasteiger charge is 2.31. The maximum Gasteiger partial charge on any atom is 0.320 e. The Hall–Kier alpha value is -5.14. The molecule has 2 N–H and O–H groups in total. The van der Waals surface area contributed by atoms with Crippen molar-refractivity contribution in [3.8, 4) is 17.2 Å². The number of aromatic nitrogens is 5. The third-order valence-electron chi connectivity index (χ3n) is 11.8. The first-order valence-corrected chi connectivity index (χ1v) is 20.7. The Balaban J connectivity index is 0.945. The molecule has 57 heavy (non-hydrogen) atoms. The molecule has 3 aromatic heterocycles. The summed E-state index contributed by atoms with van der Waals surface area (Å²) >= 11 is 0. The Kier molecular flexibility index (Phi) is 11.4. The molecular weight excluding hydrogens is 719 g/mol. The molecule has 1 aliphatic carbocycles. The Morgan fingerprint density at radius 1 is 0.877 bits per heavy atom. The van der Waals surface area contributed by atoms with E-state index in [4.69, 9.17) is 19.3 Å². The monoisotopic (exact) mass is 775 g/mol. The lowest BCUT2D eigenvalue weighted by atomic mass is 9.85. The van der Waals surface area contributed by atoms with Crippen molar-refractivity contribution >= 4 is 23.4 Å². The van der Waals surface area contributed by atoms with E-state index in [0.29, 0.717) is 24.6 Å². The summed E-state index contributed by atoms with van der Waals surface area (Å²) in [5.41, 5.74) is 4.37. The maximum absolute atomic E-state index is 13.8. The second kappa shape index (κ2) is 16.8. The van der Waals surface area contributed by atoms with Gasteiger partial charge >= 0.3 is 6.03 Å². The fourth-order valence-corrected chi connectivity index (χ4v) is 8.42. The van der Waals surface area contributed by atoms with Gasteiger partial charge in [0.15, 0.2) is 5.65 Å². The zero-order valence-electron chi connectivity index (χ0n) is 34.0. The van der Waals surface area contributed by atoms with Crippen LogP contribution in [0.15, 0.2) is 72.9 Å². The van der Waals surface area contributed by atoms with Gasteiger partial charge in [-0.05, 0) is 87.3 Å². The zero-order chi connectivity index (χ0) is 39.5. The van der Waals surface area contributed by atoms with E-state index in [1.54, 1.807) is 11.8 Å². The number of methoxy groups -OCH3 is 1. The van der Waals surface area contributed by atoms with Gasteiger partial charge < -0.3 is 24.4 Å². The number of pyridine rings is 1. The summed E-state index contributed by atoms with van der Waals surface area (Å²) in [5.74, 6) is 2.97. The molecule has 2 fully saturated rings. The summed E-state index contributed by atoms with van der Waals surface area (Å²) in [7, 11) is 1.79. The Bertz CT molecular complexity index is 2150. The van der Waals surface area contributed by atoms with E-state index >= 15 is 0 Å². The normalized spacial score (nSPS) is 20.6. The predicted molar refractivity (Wildman–Crippen MR) is 222 cm³/mol. The van der Waals surface area contributed by atoms with Gasteiger partial charge in [-0.1, -0.05) is 51.1 Å². The molecular formula is C44H57N9O4. The van der Waals surface area contributed by atoms with Crippen LogP contribution in [0.2, 0.25) is 0 Å². The average Bonchev–Trinajstić information content (AvgIpc) is 3.84. The summed E-state index contributed by atoms with van der Waals surface area (Å²) in [6.45, 7) is 13.1. The maximum atomic E-state index is 13.8. The van der Waals surface area contributed by atoms with Crippen molar-refractivity contribution in [1.29, 1.82) is 0 Å². The standard InChI is InChI=1S/C44H57N9O4/c1-30-11-8-9-22-51(30)43-48-47-40-19-16-34(29-52(40)43)57-38-18-17-37(35-14-6-7-15-36(35)38)45-42(54)46-41-28-39(44(2,3)4)49-53(41)31-12-10-13-33(27-31)56-26-25-50-23-20-32(55-5)21-24-50/h6-7,10,12-16,19,27-30,32,37-38H,8-9,11,17-18,20-26H2,1-5H3,(H2,45,46,54). The number of carbonyl (C=O) groups is 1. The molecule has 5 aromatic rings. The average molecular weight is 776 g/mol. The molecule has 8 rings (SSSR count). The van der Waals surface area contributed by atoms with Crippen LogP contribution in [0.5, 0.6) is 11.5 Å². The minimum Gasteiger partial charge on any atom is -0.492 e. The van der Waals surface area contributed by atoms with Crippen molar-refractivity contribution < 1.29 is 19.0 Å². The molecule has 2 saturated heterocycles. The summed E-state index contributed by atoms with van der Waals surface area (Å²) in [6, 6.07) is 22.0. The predicted octanol–water partition coefficient (Wildman–Crippen LogP) is 7.86. The first-order chi connectivity index (χ1) is 27.6. The largest absolute Gasteiger partial charge is 0.492 e. The van der Waals surface area contributed by atoms with Gasteiger partial charge in [-0.3, -0.25) is 14.6 Å². The van der Waals surface area contributed by atoms with Crippen LogP contribution in [0.3, 0.4) is 0 Å². The van der Waals surface area contributed by atoms with Crippen molar-refractivity contribution in [2.45, 2.75) is 102 Å². The van der Waals surface area contributed by atoms with Crippen LogP contribution in [-0.2, 0) is 10.2 Å². The van der Waals surface area contributed by atoms with Crippen LogP contribution in [0, 0.1) is 0 Å². The number of amides is 2. The lowest BCUT2D eigenvalue weighted by Crippen LogP contribution is -2.38. The van der Waals surface area contributed by atoms with E-state index in [9.17, 15) is 4.79 Å². The van der Waals surface area contributed by atoms with Crippen molar-refractivity contribution in [1.82, 2.24) is 34.6 Å². The molecule has 0 bridgehead atoms. The third kappa shape index (κ3) is 8.74. The van der Waals surface area contributed by atoms with Crippen molar-refractivity contribution in [3.63, 3.8) is 0 Å². The van der Waals surface area contributed by atoms with Gasteiger partial charge in [0.05, 0.1) is 29.7 Å². The van der Waals surface area contributed by atoms with Gasteiger partial charge in [-0.25, -0.2) is 9.48 Å². The Morgan fingerprint density at radius 2 is 1.70 bits per heavy atom. The molecule has 0 spiro atoms. The number of hydrogen-bond acceptors (Lipinski definition) is 9. The second-order valence-electron chi connectivity index (χ2n) is 16.8. The van der Waals surface area contributed by atoms with Gasteiger partial charge in [0.2, 0.25) is 5.95 Å². The molecule has 3 atom stereocenters. The lowest BCUT2D eigenvalue weighted by Gasteiger charge is -2.33. The number of ether oxygens (including phenoxy) is 3. The van der Waals surface area contributed by atoms with E-state index in [2.05, 4.69) is 70.5 Å². The number of nitrogens with one attached hydrogen (secondary N) is 2. The first-order valence-electron chi connectivity index (χ1n) is 20.7. The quantitative estimate of drug-likeness (QED) is 0.138. The summed E-state index contributed by atoms with van der Waals surface area (Å²) in [5, 5.41) is 20.4. The minimum atomic E-state index is -0.294. The van der Waals surface area contributed by atoms with E-state index < -0.39 is 0 Å². The van der Waals surface area contributed by atoms with Gasteiger partial charge in [0.25, 0.3) is 0 Å². The summed E-state index contributed by atoms with van der Waals surface area (Å²) in [4.78, 5) is 18.6.